The summed E-state index contributed by atoms with van der Waals surface area (Å²) in [6.07, 6.45) is 1.72. The number of hydrogen-bond acceptors (Lipinski definition) is 5. The fourth-order valence-electron chi connectivity index (χ4n) is 3.44. The average Bonchev–Trinajstić information content (AvgIpc) is 2.66. The molecule has 0 spiro atoms. The highest BCUT2D eigenvalue weighted by Gasteiger charge is 2.18. The predicted molar refractivity (Wildman–Crippen MR) is 102 cm³/mol. The number of benzene rings is 2. The smallest absolute Gasteiger partial charge is 0.141 e. The van der Waals surface area contributed by atoms with Crippen molar-refractivity contribution in [1.82, 2.24) is 9.88 Å². The second-order valence-corrected chi connectivity index (χ2v) is 6.50. The van der Waals surface area contributed by atoms with Crippen molar-refractivity contribution in [2.24, 2.45) is 0 Å². The van der Waals surface area contributed by atoms with E-state index in [1.165, 1.54) is 11.3 Å². The zero-order valence-electron chi connectivity index (χ0n) is 14.1. The Balaban J connectivity index is 1.45. The van der Waals surface area contributed by atoms with Gasteiger partial charge in [0.25, 0.3) is 0 Å². The highest BCUT2D eigenvalue weighted by molar-refractivity contribution is 5.87. The van der Waals surface area contributed by atoms with Gasteiger partial charge in [-0.15, -0.1) is 0 Å². The summed E-state index contributed by atoms with van der Waals surface area (Å²) >= 11 is 0. The molecular formula is C20H22N4O. The van der Waals surface area contributed by atoms with Gasteiger partial charge in [0.15, 0.2) is 0 Å². The zero-order chi connectivity index (χ0) is 17.2. The van der Waals surface area contributed by atoms with Crippen LogP contribution in [-0.4, -0.2) is 41.2 Å². The lowest BCUT2D eigenvalue weighted by atomic mass is 10.1. The topological polar surface area (TPSA) is 65.6 Å². The van der Waals surface area contributed by atoms with Crippen molar-refractivity contribution in [3.8, 4) is 5.75 Å². The van der Waals surface area contributed by atoms with Crippen molar-refractivity contribution < 1.29 is 5.11 Å². The quantitative estimate of drug-likeness (QED) is 0.721. The molecule has 1 saturated heterocycles. The molecule has 1 aliphatic heterocycles. The van der Waals surface area contributed by atoms with E-state index in [9.17, 15) is 5.11 Å². The second kappa shape index (κ2) is 6.61. The number of phenols is 1. The first kappa shape index (κ1) is 15.7. The maximum atomic E-state index is 9.99. The molecule has 3 N–H and O–H groups in total. The third-order valence-electron chi connectivity index (χ3n) is 4.86. The van der Waals surface area contributed by atoms with Crippen LogP contribution in [-0.2, 0) is 6.54 Å². The van der Waals surface area contributed by atoms with E-state index >= 15 is 0 Å². The summed E-state index contributed by atoms with van der Waals surface area (Å²) in [5.74, 6) is 0.243. The van der Waals surface area contributed by atoms with Crippen LogP contribution in [0.2, 0.25) is 0 Å². The predicted octanol–water partition coefficient (Wildman–Crippen LogP) is 2.84. The second-order valence-electron chi connectivity index (χ2n) is 6.50. The Bertz CT molecular complexity index is 871. The average molecular weight is 334 g/mol. The maximum Gasteiger partial charge on any atom is 0.141 e. The third kappa shape index (κ3) is 3.23. The van der Waals surface area contributed by atoms with Crippen LogP contribution in [0.5, 0.6) is 5.75 Å². The molecule has 0 amide bonds. The Morgan fingerprint density at radius 3 is 2.48 bits per heavy atom. The number of aromatic nitrogens is 1. The van der Waals surface area contributed by atoms with Crippen molar-refractivity contribution in [2.75, 3.05) is 36.8 Å². The molecule has 0 bridgehead atoms. The molecule has 5 nitrogen and oxygen atoms in total. The van der Waals surface area contributed by atoms with Gasteiger partial charge in [0.2, 0.25) is 0 Å². The summed E-state index contributed by atoms with van der Waals surface area (Å²) in [5.41, 5.74) is 9.69. The molecule has 128 valence electrons. The molecule has 0 aliphatic carbocycles. The first-order valence-corrected chi connectivity index (χ1v) is 8.59. The zero-order valence-corrected chi connectivity index (χ0v) is 14.1. The number of aromatic hydroxyl groups is 1. The summed E-state index contributed by atoms with van der Waals surface area (Å²) in [6, 6.07) is 15.8. The van der Waals surface area contributed by atoms with Gasteiger partial charge in [-0.2, -0.15) is 0 Å². The van der Waals surface area contributed by atoms with E-state index in [-0.39, 0.29) is 5.75 Å². The Labute approximate surface area is 147 Å². The molecule has 0 atom stereocenters. The van der Waals surface area contributed by atoms with Crippen LogP contribution in [0.4, 0.5) is 11.4 Å². The number of anilines is 2. The number of nitrogen functional groups attached to an aromatic ring is 1. The van der Waals surface area contributed by atoms with Gasteiger partial charge in [0.1, 0.15) is 11.3 Å². The lowest BCUT2D eigenvalue weighted by Crippen LogP contribution is -2.45. The maximum absolute atomic E-state index is 9.99. The van der Waals surface area contributed by atoms with Gasteiger partial charge in [-0.1, -0.05) is 12.1 Å². The van der Waals surface area contributed by atoms with Crippen molar-refractivity contribution in [1.29, 1.82) is 0 Å². The summed E-state index contributed by atoms with van der Waals surface area (Å²) in [5, 5.41) is 11.0. The normalized spacial score (nSPS) is 15.6. The first-order valence-electron chi connectivity index (χ1n) is 8.59. The van der Waals surface area contributed by atoms with E-state index in [0.29, 0.717) is 5.52 Å². The fraction of sp³-hybridized carbons (Fsp3) is 0.250. The number of fused-ring (bicyclic) bond motifs is 1. The van der Waals surface area contributed by atoms with Crippen LogP contribution in [0.3, 0.4) is 0 Å². The monoisotopic (exact) mass is 334 g/mol. The van der Waals surface area contributed by atoms with Crippen LogP contribution >= 0.6 is 0 Å². The van der Waals surface area contributed by atoms with Crippen LogP contribution < -0.4 is 10.6 Å². The largest absolute Gasteiger partial charge is 0.506 e. The summed E-state index contributed by atoms with van der Waals surface area (Å²) in [6.45, 7) is 4.88. The minimum absolute atomic E-state index is 0.243. The third-order valence-corrected chi connectivity index (χ3v) is 4.86. The summed E-state index contributed by atoms with van der Waals surface area (Å²) < 4.78 is 0. The number of phenolic OH excluding ortho intramolecular Hbond substituents is 1. The molecule has 0 unspecified atom stereocenters. The van der Waals surface area contributed by atoms with E-state index in [1.54, 1.807) is 12.3 Å². The molecule has 2 heterocycles. The summed E-state index contributed by atoms with van der Waals surface area (Å²) in [7, 11) is 0. The van der Waals surface area contributed by atoms with Gasteiger partial charge in [-0.3, -0.25) is 9.88 Å². The van der Waals surface area contributed by atoms with Crippen LogP contribution in [0.15, 0.2) is 54.7 Å². The molecule has 1 aromatic heterocycles. The van der Waals surface area contributed by atoms with Crippen molar-refractivity contribution in [2.45, 2.75) is 6.54 Å². The number of pyridine rings is 1. The molecule has 1 fully saturated rings. The standard InChI is InChI=1S/C20H22N4O/c21-16-4-6-17(7-5-16)24-12-10-23(11-13-24)14-15-3-8-19(25)20-18(15)2-1-9-22-20/h1-9,25H,10-14,21H2. The van der Waals surface area contributed by atoms with Crippen LogP contribution in [0, 0.1) is 0 Å². The number of rotatable bonds is 3. The van der Waals surface area contributed by atoms with Gasteiger partial charge < -0.3 is 15.7 Å². The number of nitrogens with zero attached hydrogens (tertiary/aromatic N) is 3. The highest BCUT2D eigenvalue weighted by atomic mass is 16.3. The Morgan fingerprint density at radius 1 is 0.960 bits per heavy atom. The molecule has 3 aromatic rings. The van der Waals surface area contributed by atoms with E-state index in [0.717, 1.165) is 43.8 Å². The number of piperazine rings is 1. The van der Waals surface area contributed by atoms with Crippen LogP contribution in [0.1, 0.15) is 5.56 Å². The molecule has 2 aromatic carbocycles. The Kier molecular flexibility index (Phi) is 4.15. The minimum Gasteiger partial charge on any atom is -0.506 e. The van der Waals surface area contributed by atoms with Crippen molar-refractivity contribution >= 4 is 22.3 Å². The molecule has 0 radical (unpaired) electrons. The Morgan fingerprint density at radius 2 is 1.72 bits per heavy atom. The van der Waals surface area contributed by atoms with E-state index in [4.69, 9.17) is 5.73 Å². The fourth-order valence-corrected chi connectivity index (χ4v) is 3.44. The lowest BCUT2D eigenvalue weighted by molar-refractivity contribution is 0.250. The molecule has 25 heavy (non-hydrogen) atoms. The molecule has 4 rings (SSSR count). The van der Waals surface area contributed by atoms with E-state index in [1.807, 2.05) is 30.3 Å². The molecule has 1 aliphatic rings. The van der Waals surface area contributed by atoms with Crippen molar-refractivity contribution in [3.63, 3.8) is 0 Å². The minimum atomic E-state index is 0.243. The highest BCUT2D eigenvalue weighted by Crippen LogP contribution is 2.27. The first-order chi connectivity index (χ1) is 12.2. The number of nitrogens with two attached hydrogens (primary N) is 1. The van der Waals surface area contributed by atoms with Gasteiger partial charge in [0, 0.05) is 55.7 Å². The number of hydrogen-bond donors (Lipinski definition) is 2. The van der Waals surface area contributed by atoms with E-state index < -0.39 is 0 Å². The molecule has 5 heteroatoms. The Hall–Kier alpha value is -2.79. The molecule has 0 saturated carbocycles. The van der Waals surface area contributed by atoms with Crippen molar-refractivity contribution in [3.05, 3.63) is 60.3 Å². The van der Waals surface area contributed by atoms with Gasteiger partial charge in [-0.25, -0.2) is 0 Å². The van der Waals surface area contributed by atoms with Gasteiger partial charge in [-0.05, 0) is 42.0 Å². The van der Waals surface area contributed by atoms with E-state index in [2.05, 4.69) is 26.9 Å². The lowest BCUT2D eigenvalue weighted by Gasteiger charge is -2.36. The SMILES string of the molecule is Nc1ccc(N2CCN(Cc3ccc(O)c4ncccc34)CC2)cc1. The molecular weight excluding hydrogens is 312 g/mol. The van der Waals surface area contributed by atoms with Gasteiger partial charge >= 0.3 is 0 Å². The van der Waals surface area contributed by atoms with Gasteiger partial charge in [0.05, 0.1) is 0 Å². The van der Waals surface area contributed by atoms with Crippen LogP contribution in [0.25, 0.3) is 10.9 Å². The summed E-state index contributed by atoms with van der Waals surface area (Å²) in [4.78, 5) is 9.15.